The summed E-state index contributed by atoms with van der Waals surface area (Å²) in [6, 6.07) is 7.00. The van der Waals surface area contributed by atoms with Gasteiger partial charge in [-0.15, -0.1) is 0 Å². The topological polar surface area (TPSA) is 58.6 Å². The second-order valence-electron chi connectivity index (χ2n) is 4.27. The van der Waals surface area contributed by atoms with E-state index < -0.39 is 10.2 Å². The van der Waals surface area contributed by atoms with Gasteiger partial charge in [0.05, 0.1) is 12.8 Å². The number of ether oxygens (including phenoxy) is 1. The van der Waals surface area contributed by atoms with Crippen LogP contribution in [0.15, 0.2) is 24.3 Å². The van der Waals surface area contributed by atoms with Crippen LogP contribution in [-0.2, 0) is 10.2 Å². The number of benzene rings is 1. The summed E-state index contributed by atoms with van der Waals surface area (Å²) >= 11 is 0. The van der Waals surface area contributed by atoms with E-state index in [1.165, 1.54) is 11.4 Å². The van der Waals surface area contributed by atoms with Crippen molar-refractivity contribution in [3.8, 4) is 5.75 Å². The van der Waals surface area contributed by atoms with Crippen LogP contribution in [0.3, 0.4) is 0 Å². The highest BCUT2D eigenvalue weighted by molar-refractivity contribution is 7.90. The number of nitrogens with zero attached hydrogens (tertiary/aromatic N) is 1. The molecule has 0 aromatic heterocycles. The zero-order chi connectivity index (χ0) is 13.0. The van der Waals surface area contributed by atoms with E-state index in [9.17, 15) is 8.42 Å². The molecule has 1 aromatic carbocycles. The van der Waals surface area contributed by atoms with Crippen LogP contribution in [0.4, 0.5) is 5.69 Å². The van der Waals surface area contributed by atoms with Gasteiger partial charge in [-0.25, -0.2) is 0 Å². The molecular weight excluding hydrogens is 252 g/mol. The van der Waals surface area contributed by atoms with E-state index in [1.807, 2.05) is 0 Å². The van der Waals surface area contributed by atoms with E-state index in [-0.39, 0.29) is 0 Å². The molecule has 0 spiro atoms. The Morgan fingerprint density at radius 2 is 1.83 bits per heavy atom. The average Bonchev–Trinajstić information content (AvgIpc) is 2.40. The molecule has 0 atom stereocenters. The van der Waals surface area contributed by atoms with Crippen LogP contribution in [0.5, 0.6) is 5.75 Å². The molecule has 0 radical (unpaired) electrons. The Balaban J connectivity index is 2.16. The molecule has 5 nitrogen and oxygen atoms in total. The minimum absolute atomic E-state index is 0.477. The number of piperidine rings is 1. The molecule has 1 heterocycles. The lowest BCUT2D eigenvalue weighted by Gasteiger charge is -2.26. The molecule has 100 valence electrons. The fourth-order valence-electron chi connectivity index (χ4n) is 2.04. The molecule has 0 bridgehead atoms. The Labute approximate surface area is 108 Å². The Hall–Kier alpha value is -1.27. The number of hydrogen-bond donors (Lipinski definition) is 1. The second-order valence-corrected chi connectivity index (χ2v) is 5.94. The van der Waals surface area contributed by atoms with Crippen molar-refractivity contribution >= 4 is 15.9 Å². The number of nitrogens with one attached hydrogen (secondary N) is 1. The molecule has 0 unspecified atom stereocenters. The minimum atomic E-state index is -3.47. The molecule has 2 rings (SSSR count). The highest BCUT2D eigenvalue weighted by atomic mass is 32.2. The molecule has 1 aromatic rings. The van der Waals surface area contributed by atoms with Crippen molar-refractivity contribution in [1.29, 1.82) is 0 Å². The molecule has 1 aliphatic rings. The molecule has 0 saturated carbocycles. The monoisotopic (exact) mass is 270 g/mol. The van der Waals surface area contributed by atoms with Gasteiger partial charge in [0.1, 0.15) is 5.75 Å². The molecular formula is C12H18N2O3S. The molecule has 1 N–H and O–H groups in total. The first-order valence-electron chi connectivity index (χ1n) is 6.04. The smallest absolute Gasteiger partial charge is 0.301 e. The first-order chi connectivity index (χ1) is 8.63. The van der Waals surface area contributed by atoms with Crippen molar-refractivity contribution in [1.82, 2.24) is 4.31 Å². The van der Waals surface area contributed by atoms with E-state index in [1.54, 1.807) is 24.3 Å². The average molecular weight is 270 g/mol. The SMILES string of the molecule is COc1ccccc1NS(=O)(=O)N1CCCCC1. The molecule has 1 fully saturated rings. The van der Waals surface area contributed by atoms with Gasteiger partial charge in [0.15, 0.2) is 0 Å². The Morgan fingerprint density at radius 3 is 2.50 bits per heavy atom. The fraction of sp³-hybridized carbons (Fsp3) is 0.500. The van der Waals surface area contributed by atoms with Crippen LogP contribution in [0.25, 0.3) is 0 Å². The Bertz CT molecular complexity index is 496. The summed E-state index contributed by atoms with van der Waals surface area (Å²) in [6.07, 6.45) is 2.94. The number of methoxy groups -OCH3 is 1. The molecule has 1 aliphatic heterocycles. The van der Waals surface area contributed by atoms with E-state index >= 15 is 0 Å². The largest absolute Gasteiger partial charge is 0.495 e. The van der Waals surface area contributed by atoms with Gasteiger partial charge in [0, 0.05) is 13.1 Å². The normalized spacial score (nSPS) is 17.4. The third-order valence-electron chi connectivity index (χ3n) is 3.00. The number of rotatable bonds is 4. The third kappa shape index (κ3) is 2.94. The summed E-state index contributed by atoms with van der Waals surface area (Å²) in [6.45, 7) is 1.18. The van der Waals surface area contributed by atoms with Gasteiger partial charge in [-0.05, 0) is 25.0 Å². The summed E-state index contributed by atoms with van der Waals surface area (Å²) in [7, 11) is -1.94. The predicted octanol–water partition coefficient (Wildman–Crippen LogP) is 1.84. The van der Waals surface area contributed by atoms with E-state index in [0.29, 0.717) is 24.5 Å². The third-order valence-corrected chi connectivity index (χ3v) is 4.52. The Kier molecular flexibility index (Phi) is 4.08. The van der Waals surface area contributed by atoms with Crippen LogP contribution in [0.2, 0.25) is 0 Å². The summed E-state index contributed by atoms with van der Waals surface area (Å²) in [5, 5.41) is 0. The van der Waals surface area contributed by atoms with E-state index in [2.05, 4.69) is 4.72 Å². The minimum Gasteiger partial charge on any atom is -0.495 e. The van der Waals surface area contributed by atoms with Crippen LogP contribution < -0.4 is 9.46 Å². The second kappa shape index (κ2) is 5.58. The van der Waals surface area contributed by atoms with E-state index in [4.69, 9.17) is 4.74 Å². The molecule has 0 aliphatic carbocycles. The van der Waals surface area contributed by atoms with Gasteiger partial charge in [0.2, 0.25) is 0 Å². The van der Waals surface area contributed by atoms with Crippen molar-refractivity contribution in [2.24, 2.45) is 0 Å². The number of anilines is 1. The van der Waals surface area contributed by atoms with Gasteiger partial charge in [-0.1, -0.05) is 18.6 Å². The highest BCUT2D eigenvalue weighted by Gasteiger charge is 2.24. The van der Waals surface area contributed by atoms with Gasteiger partial charge < -0.3 is 4.74 Å². The lowest BCUT2D eigenvalue weighted by Crippen LogP contribution is -2.39. The van der Waals surface area contributed by atoms with Crippen LogP contribution in [0.1, 0.15) is 19.3 Å². The maximum absolute atomic E-state index is 12.2. The van der Waals surface area contributed by atoms with Gasteiger partial charge in [-0.3, -0.25) is 4.72 Å². The maximum Gasteiger partial charge on any atom is 0.301 e. The van der Waals surface area contributed by atoms with Crippen molar-refractivity contribution < 1.29 is 13.2 Å². The maximum atomic E-state index is 12.2. The van der Waals surface area contributed by atoms with Crippen molar-refractivity contribution in [3.63, 3.8) is 0 Å². The molecule has 6 heteroatoms. The van der Waals surface area contributed by atoms with Crippen LogP contribution in [0, 0.1) is 0 Å². The summed E-state index contributed by atoms with van der Waals surface area (Å²) in [5.74, 6) is 0.526. The molecule has 0 amide bonds. The van der Waals surface area contributed by atoms with Crippen molar-refractivity contribution in [3.05, 3.63) is 24.3 Å². The number of hydrogen-bond acceptors (Lipinski definition) is 3. The fourth-order valence-corrected chi connectivity index (χ4v) is 3.35. The molecule has 1 saturated heterocycles. The van der Waals surface area contributed by atoms with Gasteiger partial charge in [-0.2, -0.15) is 12.7 Å². The summed E-state index contributed by atoms with van der Waals surface area (Å²) in [4.78, 5) is 0. The standard InChI is InChI=1S/C12H18N2O3S/c1-17-12-8-4-3-7-11(12)13-18(15,16)14-9-5-2-6-10-14/h3-4,7-8,13H,2,5-6,9-10H2,1H3. The Morgan fingerprint density at radius 1 is 1.17 bits per heavy atom. The van der Waals surface area contributed by atoms with Crippen LogP contribution >= 0.6 is 0 Å². The number of para-hydroxylation sites is 2. The lowest BCUT2D eigenvalue weighted by atomic mass is 10.2. The first kappa shape index (κ1) is 13.2. The highest BCUT2D eigenvalue weighted by Crippen LogP contribution is 2.25. The summed E-state index contributed by atoms with van der Waals surface area (Å²) in [5.41, 5.74) is 0.477. The first-order valence-corrected chi connectivity index (χ1v) is 7.48. The predicted molar refractivity (Wildman–Crippen MR) is 71.0 cm³/mol. The zero-order valence-corrected chi connectivity index (χ0v) is 11.2. The quantitative estimate of drug-likeness (QED) is 0.908. The molecule has 18 heavy (non-hydrogen) atoms. The summed E-state index contributed by atoms with van der Waals surface area (Å²) < 4.78 is 33.6. The van der Waals surface area contributed by atoms with Crippen molar-refractivity contribution in [2.75, 3.05) is 24.9 Å². The zero-order valence-electron chi connectivity index (χ0n) is 10.4. The van der Waals surface area contributed by atoms with Crippen molar-refractivity contribution in [2.45, 2.75) is 19.3 Å². The lowest BCUT2D eigenvalue weighted by molar-refractivity contribution is 0.348. The van der Waals surface area contributed by atoms with Gasteiger partial charge >= 0.3 is 10.2 Å². The van der Waals surface area contributed by atoms with Gasteiger partial charge in [0.25, 0.3) is 0 Å². The van der Waals surface area contributed by atoms with Crippen LogP contribution in [-0.4, -0.2) is 32.9 Å². The van der Waals surface area contributed by atoms with E-state index in [0.717, 1.165) is 19.3 Å².